The summed E-state index contributed by atoms with van der Waals surface area (Å²) < 4.78 is 5.33. The zero-order chi connectivity index (χ0) is 13.1. The van der Waals surface area contributed by atoms with E-state index in [0.29, 0.717) is 11.7 Å². The molecule has 0 saturated heterocycles. The lowest BCUT2D eigenvalue weighted by atomic mass is 9.99. The summed E-state index contributed by atoms with van der Waals surface area (Å²) in [5, 5.41) is 3.87. The van der Waals surface area contributed by atoms with E-state index in [9.17, 15) is 0 Å². The summed E-state index contributed by atoms with van der Waals surface area (Å²) in [5.41, 5.74) is 9.48. The second-order valence-corrected chi connectivity index (χ2v) is 5.04. The van der Waals surface area contributed by atoms with Crippen molar-refractivity contribution in [3.63, 3.8) is 0 Å². The lowest BCUT2D eigenvalue weighted by Crippen LogP contribution is -1.99. The Bertz CT molecular complexity index is 512. The van der Waals surface area contributed by atoms with Crippen molar-refractivity contribution in [3.05, 3.63) is 46.7 Å². The van der Waals surface area contributed by atoms with Crippen molar-refractivity contribution in [2.75, 3.05) is 5.73 Å². The lowest BCUT2D eigenvalue weighted by molar-refractivity contribution is 0.383. The summed E-state index contributed by atoms with van der Waals surface area (Å²) in [6.45, 7) is 6.31. The first-order chi connectivity index (χ1) is 8.58. The minimum absolute atomic E-state index is 0.351. The molecule has 1 aromatic heterocycles. The predicted molar refractivity (Wildman–Crippen MR) is 73.6 cm³/mol. The molecule has 3 nitrogen and oxygen atoms in total. The normalized spacial score (nSPS) is 11.1. The fourth-order valence-corrected chi connectivity index (χ4v) is 2.16. The number of hydrogen-bond acceptors (Lipinski definition) is 3. The molecular weight excluding hydrogens is 224 g/mol. The van der Waals surface area contributed by atoms with Crippen LogP contribution in [0.3, 0.4) is 0 Å². The largest absolute Gasteiger partial charge is 0.381 e. The molecule has 1 aromatic carbocycles. The number of aryl methyl sites for hydroxylation is 3. The Morgan fingerprint density at radius 3 is 2.44 bits per heavy atom. The molecule has 2 N–H and O–H groups in total. The Kier molecular flexibility index (Phi) is 3.70. The second kappa shape index (κ2) is 5.25. The van der Waals surface area contributed by atoms with Crippen molar-refractivity contribution >= 4 is 5.82 Å². The number of hydrogen-bond donors (Lipinski definition) is 1. The van der Waals surface area contributed by atoms with Gasteiger partial charge in [0.15, 0.2) is 5.82 Å². The van der Waals surface area contributed by atoms with E-state index in [0.717, 1.165) is 24.2 Å². The van der Waals surface area contributed by atoms with Gasteiger partial charge in [-0.3, -0.25) is 0 Å². The smallest absolute Gasteiger partial charge is 0.170 e. The number of benzene rings is 1. The number of nitrogens with zero attached hydrogens (tertiary/aromatic N) is 1. The van der Waals surface area contributed by atoms with Gasteiger partial charge in [0.1, 0.15) is 5.76 Å². The van der Waals surface area contributed by atoms with Crippen LogP contribution >= 0.6 is 0 Å². The number of anilines is 1. The van der Waals surface area contributed by atoms with Gasteiger partial charge in [0.25, 0.3) is 0 Å². The molecule has 2 aromatic rings. The zero-order valence-electron chi connectivity index (χ0n) is 11.2. The summed E-state index contributed by atoms with van der Waals surface area (Å²) in [5.74, 6) is 1.80. The SMILES string of the molecule is Cc1ccc(CCc2onc(N)c2C(C)C)cc1. The first-order valence-corrected chi connectivity index (χ1v) is 6.37. The number of nitrogens with two attached hydrogens (primary N) is 1. The fourth-order valence-electron chi connectivity index (χ4n) is 2.16. The van der Waals surface area contributed by atoms with Crippen molar-refractivity contribution in [1.29, 1.82) is 0 Å². The summed E-state index contributed by atoms with van der Waals surface area (Å²) in [6.07, 6.45) is 1.80. The monoisotopic (exact) mass is 244 g/mol. The Hall–Kier alpha value is -1.77. The van der Waals surface area contributed by atoms with Crippen molar-refractivity contribution in [3.8, 4) is 0 Å². The highest BCUT2D eigenvalue weighted by Crippen LogP contribution is 2.26. The molecule has 0 bridgehead atoms. The number of nitrogen functional groups attached to an aromatic ring is 1. The highest BCUT2D eigenvalue weighted by atomic mass is 16.5. The summed E-state index contributed by atoms with van der Waals surface area (Å²) in [7, 11) is 0. The van der Waals surface area contributed by atoms with E-state index in [1.54, 1.807) is 0 Å². The third-order valence-electron chi connectivity index (χ3n) is 3.17. The topological polar surface area (TPSA) is 52.0 Å². The molecule has 0 saturated carbocycles. The van der Waals surface area contributed by atoms with E-state index in [-0.39, 0.29) is 0 Å². The van der Waals surface area contributed by atoms with Crippen LogP contribution in [0, 0.1) is 6.92 Å². The third kappa shape index (κ3) is 2.73. The quantitative estimate of drug-likeness (QED) is 0.895. The van der Waals surface area contributed by atoms with E-state index in [1.807, 2.05) is 0 Å². The molecule has 0 unspecified atom stereocenters. The predicted octanol–water partition coefficient (Wildman–Crippen LogP) is 3.47. The van der Waals surface area contributed by atoms with Crippen LogP contribution < -0.4 is 5.73 Å². The molecule has 3 heteroatoms. The number of aromatic nitrogens is 1. The van der Waals surface area contributed by atoms with Gasteiger partial charge in [-0.2, -0.15) is 0 Å². The van der Waals surface area contributed by atoms with Crippen LogP contribution in [-0.4, -0.2) is 5.16 Å². The molecule has 1 heterocycles. The fraction of sp³-hybridized carbons (Fsp3) is 0.400. The summed E-state index contributed by atoms with van der Waals surface area (Å²) in [4.78, 5) is 0. The molecule has 0 amide bonds. The van der Waals surface area contributed by atoms with Gasteiger partial charge >= 0.3 is 0 Å². The minimum atomic E-state index is 0.351. The van der Waals surface area contributed by atoms with Gasteiger partial charge in [-0.25, -0.2) is 0 Å². The first-order valence-electron chi connectivity index (χ1n) is 6.37. The molecule has 0 fully saturated rings. The molecular formula is C15H20N2O. The van der Waals surface area contributed by atoms with Gasteiger partial charge in [0.05, 0.1) is 0 Å². The average molecular weight is 244 g/mol. The summed E-state index contributed by atoms with van der Waals surface area (Å²) in [6, 6.07) is 8.58. The van der Waals surface area contributed by atoms with E-state index in [4.69, 9.17) is 10.3 Å². The van der Waals surface area contributed by atoms with Crippen LogP contribution in [0.25, 0.3) is 0 Å². The van der Waals surface area contributed by atoms with Gasteiger partial charge in [-0.05, 0) is 24.8 Å². The molecule has 2 rings (SSSR count). The zero-order valence-corrected chi connectivity index (χ0v) is 11.2. The third-order valence-corrected chi connectivity index (χ3v) is 3.17. The molecule has 96 valence electrons. The molecule has 0 aliphatic carbocycles. The maximum Gasteiger partial charge on any atom is 0.170 e. The Morgan fingerprint density at radius 2 is 1.83 bits per heavy atom. The van der Waals surface area contributed by atoms with Crippen LogP contribution in [0.1, 0.15) is 42.2 Å². The second-order valence-electron chi connectivity index (χ2n) is 5.04. The van der Waals surface area contributed by atoms with Crippen molar-refractivity contribution in [2.24, 2.45) is 0 Å². The van der Waals surface area contributed by atoms with Gasteiger partial charge in [-0.15, -0.1) is 0 Å². The molecule has 0 aliphatic heterocycles. The van der Waals surface area contributed by atoms with E-state index >= 15 is 0 Å². The average Bonchev–Trinajstić information content (AvgIpc) is 2.70. The summed E-state index contributed by atoms with van der Waals surface area (Å²) >= 11 is 0. The minimum Gasteiger partial charge on any atom is -0.381 e. The highest BCUT2D eigenvalue weighted by Gasteiger charge is 2.16. The van der Waals surface area contributed by atoms with E-state index in [1.165, 1.54) is 11.1 Å². The lowest BCUT2D eigenvalue weighted by Gasteiger charge is -2.05. The highest BCUT2D eigenvalue weighted by molar-refractivity contribution is 5.42. The standard InChI is InChI=1S/C15H20N2O/c1-10(2)14-13(18-17-15(14)16)9-8-12-6-4-11(3)5-7-12/h4-7,10H,8-9H2,1-3H3,(H2,16,17). The Balaban J connectivity index is 2.08. The van der Waals surface area contributed by atoms with E-state index in [2.05, 4.69) is 50.2 Å². The van der Waals surface area contributed by atoms with Crippen LogP contribution in [0.15, 0.2) is 28.8 Å². The molecule has 18 heavy (non-hydrogen) atoms. The Morgan fingerprint density at radius 1 is 1.17 bits per heavy atom. The van der Waals surface area contributed by atoms with Gasteiger partial charge in [0.2, 0.25) is 0 Å². The van der Waals surface area contributed by atoms with Crippen LogP contribution in [0.2, 0.25) is 0 Å². The Labute approximate surface area is 108 Å². The van der Waals surface area contributed by atoms with Gasteiger partial charge in [-0.1, -0.05) is 48.8 Å². The molecule has 0 spiro atoms. The number of rotatable bonds is 4. The first kappa shape index (κ1) is 12.7. The van der Waals surface area contributed by atoms with Crippen molar-refractivity contribution in [2.45, 2.75) is 39.5 Å². The van der Waals surface area contributed by atoms with Crippen LogP contribution in [-0.2, 0) is 12.8 Å². The van der Waals surface area contributed by atoms with E-state index < -0.39 is 0 Å². The molecule has 0 aliphatic rings. The van der Waals surface area contributed by atoms with Crippen molar-refractivity contribution in [1.82, 2.24) is 5.16 Å². The maximum atomic E-state index is 5.83. The van der Waals surface area contributed by atoms with Gasteiger partial charge < -0.3 is 10.3 Å². The van der Waals surface area contributed by atoms with Crippen LogP contribution in [0.5, 0.6) is 0 Å². The van der Waals surface area contributed by atoms with Gasteiger partial charge in [0, 0.05) is 12.0 Å². The van der Waals surface area contributed by atoms with Crippen molar-refractivity contribution < 1.29 is 4.52 Å². The molecule has 0 atom stereocenters. The maximum absolute atomic E-state index is 5.83. The van der Waals surface area contributed by atoms with Crippen LogP contribution in [0.4, 0.5) is 5.82 Å². The molecule has 0 radical (unpaired) electrons.